The lowest BCUT2D eigenvalue weighted by molar-refractivity contribution is 0.102. The van der Waals surface area contributed by atoms with Gasteiger partial charge in [0.15, 0.2) is 0 Å². The average molecular weight is 359 g/mol. The number of rotatable bonds is 4. The topological polar surface area (TPSA) is 54.5 Å². The lowest BCUT2D eigenvalue weighted by Crippen LogP contribution is -2.24. The highest BCUT2D eigenvalue weighted by molar-refractivity contribution is 6.05. The van der Waals surface area contributed by atoms with E-state index in [1.807, 2.05) is 18.2 Å². The first-order chi connectivity index (χ1) is 13.2. The second kappa shape index (κ2) is 7.11. The molecule has 1 atom stereocenters. The van der Waals surface area contributed by atoms with E-state index in [2.05, 4.69) is 46.4 Å². The van der Waals surface area contributed by atoms with E-state index in [4.69, 9.17) is 4.74 Å². The first-order valence-electron chi connectivity index (χ1n) is 8.95. The molecule has 0 saturated heterocycles. The van der Waals surface area contributed by atoms with Gasteiger partial charge in [0.1, 0.15) is 11.6 Å². The third-order valence-corrected chi connectivity index (χ3v) is 4.83. The number of methoxy groups -OCH3 is 1. The molecule has 0 aliphatic carbocycles. The maximum atomic E-state index is 12.5. The molecule has 0 fully saturated rings. The number of nitrogens with one attached hydrogen (secondary N) is 1. The summed E-state index contributed by atoms with van der Waals surface area (Å²) in [6.07, 6.45) is 2.82. The Labute approximate surface area is 158 Å². The molecule has 5 nitrogen and oxygen atoms in total. The van der Waals surface area contributed by atoms with Crippen LogP contribution < -0.4 is 15.0 Å². The fourth-order valence-corrected chi connectivity index (χ4v) is 3.58. The second-order valence-corrected chi connectivity index (χ2v) is 6.61. The molecule has 5 heteroatoms. The fraction of sp³-hybridized carbons (Fsp3) is 0.182. The van der Waals surface area contributed by atoms with E-state index in [9.17, 15) is 4.79 Å². The zero-order valence-corrected chi connectivity index (χ0v) is 15.3. The van der Waals surface area contributed by atoms with Crippen molar-refractivity contribution in [3.63, 3.8) is 0 Å². The molecule has 1 unspecified atom stereocenters. The molecule has 0 bridgehead atoms. The van der Waals surface area contributed by atoms with Gasteiger partial charge in [-0.2, -0.15) is 0 Å². The average Bonchev–Trinajstić information content (AvgIpc) is 3.04. The highest BCUT2D eigenvalue weighted by Gasteiger charge is 2.26. The van der Waals surface area contributed by atoms with E-state index in [1.54, 1.807) is 31.5 Å². The predicted octanol–water partition coefficient (Wildman–Crippen LogP) is 4.43. The van der Waals surface area contributed by atoms with Crippen molar-refractivity contribution in [3.05, 3.63) is 78.0 Å². The van der Waals surface area contributed by atoms with Crippen molar-refractivity contribution in [2.45, 2.75) is 19.4 Å². The Morgan fingerprint density at radius 1 is 1.11 bits per heavy atom. The van der Waals surface area contributed by atoms with Gasteiger partial charge in [0.2, 0.25) is 0 Å². The molecule has 136 valence electrons. The first kappa shape index (κ1) is 17.1. The lowest BCUT2D eigenvalue weighted by atomic mass is 10.1. The number of aromatic nitrogens is 1. The predicted molar refractivity (Wildman–Crippen MR) is 107 cm³/mol. The van der Waals surface area contributed by atoms with Gasteiger partial charge in [0.25, 0.3) is 5.91 Å². The quantitative estimate of drug-likeness (QED) is 0.749. The Morgan fingerprint density at radius 3 is 2.67 bits per heavy atom. The number of benzene rings is 2. The van der Waals surface area contributed by atoms with Gasteiger partial charge in [0.05, 0.1) is 24.6 Å². The van der Waals surface area contributed by atoms with Crippen molar-refractivity contribution in [3.8, 4) is 5.75 Å². The van der Waals surface area contributed by atoms with Crippen molar-refractivity contribution < 1.29 is 9.53 Å². The molecule has 0 saturated carbocycles. The molecule has 1 aliphatic heterocycles. The molecule has 1 aromatic heterocycles. The van der Waals surface area contributed by atoms with E-state index in [0.717, 1.165) is 12.1 Å². The summed E-state index contributed by atoms with van der Waals surface area (Å²) in [4.78, 5) is 19.2. The highest BCUT2D eigenvalue weighted by atomic mass is 16.5. The van der Waals surface area contributed by atoms with Crippen LogP contribution in [-0.4, -0.2) is 24.0 Å². The Balaban J connectivity index is 1.54. The largest absolute Gasteiger partial charge is 0.496 e. The minimum atomic E-state index is -0.243. The summed E-state index contributed by atoms with van der Waals surface area (Å²) in [7, 11) is 1.55. The standard InChI is InChI=1S/C22H21N3O2/c1-15-13-16-7-3-5-9-19(16)25(15)17-11-12-21(23-14-17)24-22(26)18-8-4-6-10-20(18)27-2/h3-12,14-15H,13H2,1-2H3,(H,23,24,26). The summed E-state index contributed by atoms with van der Waals surface area (Å²) >= 11 is 0. The van der Waals surface area contributed by atoms with Crippen LogP contribution in [0.3, 0.4) is 0 Å². The normalized spacial score (nSPS) is 15.3. The van der Waals surface area contributed by atoms with Crippen LogP contribution in [0.2, 0.25) is 0 Å². The summed E-state index contributed by atoms with van der Waals surface area (Å²) in [5.74, 6) is 0.802. The van der Waals surface area contributed by atoms with Gasteiger partial charge in [-0.3, -0.25) is 4.79 Å². The van der Waals surface area contributed by atoms with Crippen LogP contribution >= 0.6 is 0 Å². The Kier molecular flexibility index (Phi) is 4.50. The summed E-state index contributed by atoms with van der Waals surface area (Å²) in [5.41, 5.74) is 4.06. The van der Waals surface area contributed by atoms with E-state index in [-0.39, 0.29) is 5.91 Å². The zero-order chi connectivity index (χ0) is 18.8. The number of ether oxygens (including phenoxy) is 1. The third kappa shape index (κ3) is 3.24. The zero-order valence-electron chi connectivity index (χ0n) is 15.3. The fourth-order valence-electron chi connectivity index (χ4n) is 3.58. The molecule has 0 radical (unpaired) electrons. The Hall–Kier alpha value is -3.34. The number of carbonyl (C=O) groups excluding carboxylic acids is 1. The van der Waals surface area contributed by atoms with Gasteiger partial charge >= 0.3 is 0 Å². The SMILES string of the molecule is COc1ccccc1C(=O)Nc1ccc(N2c3ccccc3CC2C)cn1. The molecule has 3 aromatic rings. The van der Waals surface area contributed by atoms with Crippen molar-refractivity contribution in [1.82, 2.24) is 4.98 Å². The minimum Gasteiger partial charge on any atom is -0.496 e. The van der Waals surface area contributed by atoms with E-state index in [0.29, 0.717) is 23.2 Å². The second-order valence-electron chi connectivity index (χ2n) is 6.61. The molecule has 1 aliphatic rings. The number of carbonyl (C=O) groups is 1. The first-order valence-corrected chi connectivity index (χ1v) is 8.95. The van der Waals surface area contributed by atoms with Gasteiger partial charge in [0, 0.05) is 11.7 Å². The Morgan fingerprint density at radius 2 is 1.89 bits per heavy atom. The van der Waals surface area contributed by atoms with Crippen LogP contribution in [0.1, 0.15) is 22.8 Å². The number of hydrogen-bond donors (Lipinski definition) is 1. The maximum absolute atomic E-state index is 12.5. The molecule has 1 amide bonds. The van der Waals surface area contributed by atoms with E-state index in [1.165, 1.54) is 11.3 Å². The van der Waals surface area contributed by atoms with Crippen LogP contribution in [0, 0.1) is 0 Å². The van der Waals surface area contributed by atoms with E-state index >= 15 is 0 Å². The number of nitrogens with zero attached hydrogens (tertiary/aromatic N) is 2. The van der Waals surface area contributed by atoms with Crippen LogP contribution in [-0.2, 0) is 6.42 Å². The summed E-state index contributed by atoms with van der Waals surface area (Å²) in [6, 6.07) is 19.7. The molecular formula is C22H21N3O2. The van der Waals surface area contributed by atoms with Gasteiger partial charge in [-0.25, -0.2) is 4.98 Å². The molecule has 27 heavy (non-hydrogen) atoms. The Bertz CT molecular complexity index is 969. The number of fused-ring (bicyclic) bond motifs is 1. The van der Waals surface area contributed by atoms with Crippen LogP contribution in [0.15, 0.2) is 66.9 Å². The van der Waals surface area contributed by atoms with Gasteiger partial charge in [-0.05, 0) is 49.2 Å². The molecular weight excluding hydrogens is 338 g/mol. The summed E-state index contributed by atoms with van der Waals surface area (Å²) in [6.45, 7) is 2.21. The highest BCUT2D eigenvalue weighted by Crippen LogP contribution is 2.37. The van der Waals surface area contributed by atoms with Crippen LogP contribution in [0.4, 0.5) is 17.2 Å². The maximum Gasteiger partial charge on any atom is 0.260 e. The van der Waals surface area contributed by atoms with Crippen molar-refractivity contribution >= 4 is 23.1 Å². The van der Waals surface area contributed by atoms with Gasteiger partial charge in [-0.15, -0.1) is 0 Å². The third-order valence-electron chi connectivity index (χ3n) is 4.83. The van der Waals surface area contributed by atoms with Gasteiger partial charge in [-0.1, -0.05) is 30.3 Å². The summed E-state index contributed by atoms with van der Waals surface area (Å²) in [5, 5.41) is 2.83. The molecule has 4 rings (SSSR count). The van der Waals surface area contributed by atoms with Crippen LogP contribution in [0.25, 0.3) is 0 Å². The lowest BCUT2D eigenvalue weighted by Gasteiger charge is -2.24. The monoisotopic (exact) mass is 359 g/mol. The van der Waals surface area contributed by atoms with Crippen molar-refractivity contribution in [2.24, 2.45) is 0 Å². The summed E-state index contributed by atoms with van der Waals surface area (Å²) < 4.78 is 5.25. The molecule has 0 spiro atoms. The van der Waals surface area contributed by atoms with Crippen molar-refractivity contribution in [1.29, 1.82) is 0 Å². The molecule has 1 N–H and O–H groups in total. The van der Waals surface area contributed by atoms with Crippen LogP contribution in [0.5, 0.6) is 5.75 Å². The van der Waals surface area contributed by atoms with E-state index < -0.39 is 0 Å². The minimum absolute atomic E-state index is 0.243. The number of para-hydroxylation sites is 2. The molecule has 2 aromatic carbocycles. The number of anilines is 3. The number of amides is 1. The number of hydrogen-bond acceptors (Lipinski definition) is 4. The van der Waals surface area contributed by atoms with Crippen molar-refractivity contribution in [2.75, 3.05) is 17.3 Å². The smallest absolute Gasteiger partial charge is 0.260 e. The van der Waals surface area contributed by atoms with Gasteiger partial charge < -0.3 is 15.0 Å². The number of pyridine rings is 1. The molecule has 2 heterocycles.